The molecule has 6 N–H and O–H groups in total. The summed E-state index contributed by atoms with van der Waals surface area (Å²) >= 11 is 0. The fourth-order valence-electron chi connectivity index (χ4n) is 3.27. The van der Waals surface area contributed by atoms with Crippen molar-refractivity contribution in [2.24, 2.45) is 10.9 Å². The van der Waals surface area contributed by atoms with E-state index in [9.17, 15) is 13.2 Å². The summed E-state index contributed by atoms with van der Waals surface area (Å²) in [4.78, 5) is 12.7. The summed E-state index contributed by atoms with van der Waals surface area (Å²) in [7, 11) is -2.35. The van der Waals surface area contributed by atoms with Crippen LogP contribution >= 0.6 is 0 Å². The first kappa shape index (κ1) is 23.9. The first-order chi connectivity index (χ1) is 15.7. The molecule has 3 rings (SSSR count). The van der Waals surface area contributed by atoms with Crippen LogP contribution in [0.3, 0.4) is 0 Å². The van der Waals surface area contributed by atoms with E-state index in [1.807, 2.05) is 6.07 Å². The molecule has 0 spiro atoms. The molecule has 0 aliphatic carbocycles. The number of anilines is 1. The van der Waals surface area contributed by atoms with Gasteiger partial charge in [-0.3, -0.25) is 10.2 Å². The third-order valence-corrected chi connectivity index (χ3v) is 5.78. The van der Waals surface area contributed by atoms with E-state index < -0.39 is 10.0 Å². The van der Waals surface area contributed by atoms with E-state index in [2.05, 4.69) is 5.32 Å². The average molecular weight is 465 g/mol. The van der Waals surface area contributed by atoms with E-state index in [0.717, 1.165) is 5.56 Å². The van der Waals surface area contributed by atoms with E-state index in [0.29, 0.717) is 28.0 Å². The number of methoxy groups -OCH3 is 1. The van der Waals surface area contributed by atoms with Crippen molar-refractivity contribution in [3.05, 3.63) is 90.0 Å². The second kappa shape index (κ2) is 10.2. The lowest BCUT2D eigenvalue weighted by Crippen LogP contribution is -2.13. The van der Waals surface area contributed by atoms with Crippen molar-refractivity contribution in [2.75, 3.05) is 19.0 Å². The Bertz CT molecular complexity index is 1320. The molecule has 9 heteroatoms. The first-order valence-electron chi connectivity index (χ1n) is 9.86. The summed E-state index contributed by atoms with van der Waals surface area (Å²) in [6.07, 6.45) is 1.42. The summed E-state index contributed by atoms with van der Waals surface area (Å²) in [6, 6.07) is 20.2. The van der Waals surface area contributed by atoms with Crippen LogP contribution in [0.4, 0.5) is 5.69 Å². The zero-order valence-electron chi connectivity index (χ0n) is 17.9. The Balaban J connectivity index is 1.82. The smallest absolute Gasteiger partial charge is 0.248 e. The topological polar surface area (TPSA) is 148 Å². The number of nitrogen functional groups attached to an aromatic ring is 1. The predicted octanol–water partition coefficient (Wildman–Crippen LogP) is 2.95. The third-order valence-electron chi connectivity index (χ3n) is 4.81. The van der Waals surface area contributed by atoms with Gasteiger partial charge in [-0.25, -0.2) is 13.6 Å². The van der Waals surface area contributed by atoms with Gasteiger partial charge in [0.1, 0.15) is 5.84 Å². The van der Waals surface area contributed by atoms with Gasteiger partial charge in [0, 0.05) is 30.0 Å². The summed E-state index contributed by atoms with van der Waals surface area (Å²) in [6.45, 7) is 0.193. The van der Waals surface area contributed by atoms with Gasteiger partial charge in [0.2, 0.25) is 15.9 Å². The maximum Gasteiger partial charge on any atom is 0.248 e. The Morgan fingerprint density at radius 3 is 2.33 bits per heavy atom. The van der Waals surface area contributed by atoms with E-state index in [-0.39, 0.29) is 23.2 Å². The number of hydrogen-bond acceptors (Lipinski definition) is 5. The minimum Gasteiger partial charge on any atom is -0.384 e. The van der Waals surface area contributed by atoms with Gasteiger partial charge in [0.05, 0.1) is 11.5 Å². The number of sulfonamides is 1. The maximum atomic E-state index is 12.6. The van der Waals surface area contributed by atoms with E-state index >= 15 is 0 Å². The lowest BCUT2D eigenvalue weighted by Gasteiger charge is -2.10. The highest BCUT2D eigenvalue weighted by atomic mass is 32.2. The number of hydrogen-bond donors (Lipinski definition) is 4. The Morgan fingerprint density at radius 1 is 1.03 bits per heavy atom. The minimum atomic E-state index is -3.88. The van der Waals surface area contributed by atoms with Gasteiger partial charge in [0.15, 0.2) is 0 Å². The highest BCUT2D eigenvalue weighted by Gasteiger charge is 2.14. The molecule has 8 nitrogen and oxygen atoms in total. The standard InChI is InChI=1S/C24H24N4O4S/c1-32-15-19(17-5-4-6-18(13-17)24(25)26)14-23(29)28-20-11-9-16(10-12-20)21-7-2-3-8-22(21)33(27,30)31/h2-14H,15H2,1H3,(H3,25,26)(H,28,29)(H2,27,30,31)/b19-14+. The molecule has 0 fully saturated rings. The van der Waals surface area contributed by atoms with Gasteiger partial charge in [-0.05, 0) is 41.0 Å². The zero-order valence-corrected chi connectivity index (χ0v) is 18.7. The number of rotatable bonds is 8. The number of benzene rings is 3. The molecule has 0 radical (unpaired) electrons. The van der Waals surface area contributed by atoms with Crippen LogP contribution in [0.25, 0.3) is 16.7 Å². The second-order valence-corrected chi connectivity index (χ2v) is 8.73. The van der Waals surface area contributed by atoms with Gasteiger partial charge >= 0.3 is 0 Å². The molecule has 3 aromatic rings. The predicted molar refractivity (Wildman–Crippen MR) is 129 cm³/mol. The van der Waals surface area contributed by atoms with Gasteiger partial charge in [-0.15, -0.1) is 0 Å². The minimum absolute atomic E-state index is 0.0294. The van der Waals surface area contributed by atoms with E-state index in [1.54, 1.807) is 60.7 Å². The monoisotopic (exact) mass is 464 g/mol. The van der Waals surface area contributed by atoms with Crippen molar-refractivity contribution in [3.63, 3.8) is 0 Å². The molecular formula is C24H24N4O4S. The van der Waals surface area contributed by atoms with Crippen molar-refractivity contribution in [1.29, 1.82) is 5.41 Å². The number of carbonyl (C=O) groups is 1. The van der Waals surface area contributed by atoms with Crippen LogP contribution in [0.5, 0.6) is 0 Å². The number of primary sulfonamides is 1. The third kappa shape index (κ3) is 6.13. The van der Waals surface area contributed by atoms with Gasteiger partial charge in [-0.2, -0.15) is 0 Å². The number of amidine groups is 1. The van der Waals surface area contributed by atoms with Crippen LogP contribution in [0.2, 0.25) is 0 Å². The van der Waals surface area contributed by atoms with Gasteiger partial charge in [0.25, 0.3) is 0 Å². The maximum absolute atomic E-state index is 12.6. The highest BCUT2D eigenvalue weighted by molar-refractivity contribution is 7.89. The number of amides is 1. The van der Waals surface area contributed by atoms with Crippen LogP contribution in [0.15, 0.2) is 83.8 Å². The molecule has 0 saturated heterocycles. The molecule has 0 aliphatic heterocycles. The van der Waals surface area contributed by atoms with E-state index in [1.165, 1.54) is 19.3 Å². The quantitative estimate of drug-likeness (QED) is 0.230. The molecule has 33 heavy (non-hydrogen) atoms. The summed E-state index contributed by atoms with van der Waals surface area (Å²) in [5.41, 5.74) is 9.10. The summed E-state index contributed by atoms with van der Waals surface area (Å²) in [5, 5.41) is 15.7. The molecule has 1 amide bonds. The Morgan fingerprint density at radius 2 is 1.70 bits per heavy atom. The molecule has 0 heterocycles. The van der Waals surface area contributed by atoms with Crippen LogP contribution in [0, 0.1) is 5.41 Å². The zero-order chi connectivity index (χ0) is 24.0. The second-order valence-electron chi connectivity index (χ2n) is 7.20. The van der Waals surface area contributed by atoms with Crippen LogP contribution < -0.4 is 16.2 Å². The molecule has 0 saturated carbocycles. The molecule has 0 atom stereocenters. The van der Waals surface area contributed by atoms with Gasteiger partial charge < -0.3 is 15.8 Å². The van der Waals surface area contributed by atoms with Crippen LogP contribution in [-0.4, -0.2) is 33.9 Å². The van der Waals surface area contributed by atoms with Crippen molar-refractivity contribution >= 4 is 33.0 Å². The molecule has 0 bridgehead atoms. The van der Waals surface area contributed by atoms with Crippen LogP contribution in [-0.2, 0) is 19.6 Å². The first-order valence-corrected chi connectivity index (χ1v) is 11.4. The van der Waals surface area contributed by atoms with Crippen LogP contribution in [0.1, 0.15) is 11.1 Å². The average Bonchev–Trinajstić information content (AvgIpc) is 2.79. The molecule has 170 valence electrons. The Labute approximate surface area is 192 Å². The highest BCUT2D eigenvalue weighted by Crippen LogP contribution is 2.27. The fraction of sp³-hybridized carbons (Fsp3) is 0.0833. The number of ether oxygens (including phenoxy) is 1. The van der Waals surface area contributed by atoms with Gasteiger partial charge in [-0.1, -0.05) is 48.5 Å². The molecule has 0 aliphatic rings. The Kier molecular flexibility index (Phi) is 7.39. The van der Waals surface area contributed by atoms with Crippen molar-refractivity contribution in [2.45, 2.75) is 4.90 Å². The summed E-state index contributed by atoms with van der Waals surface area (Å²) in [5.74, 6) is -0.435. The SMILES string of the molecule is COC/C(=C\C(=O)Nc1ccc(-c2ccccc2S(N)(=O)=O)cc1)c1cccc(C(=N)N)c1. The molecule has 0 unspecified atom stereocenters. The normalized spacial score (nSPS) is 11.8. The number of carbonyl (C=O) groups excluding carboxylic acids is 1. The lowest BCUT2D eigenvalue weighted by molar-refractivity contribution is -0.111. The van der Waals surface area contributed by atoms with E-state index in [4.69, 9.17) is 21.0 Å². The van der Waals surface area contributed by atoms with Crippen molar-refractivity contribution in [3.8, 4) is 11.1 Å². The van der Waals surface area contributed by atoms with Crippen molar-refractivity contribution in [1.82, 2.24) is 0 Å². The molecular weight excluding hydrogens is 440 g/mol. The molecule has 0 aromatic heterocycles. The van der Waals surface area contributed by atoms with Crippen molar-refractivity contribution < 1.29 is 17.9 Å². The number of nitrogens with one attached hydrogen (secondary N) is 2. The summed E-state index contributed by atoms with van der Waals surface area (Å²) < 4.78 is 28.9. The lowest BCUT2D eigenvalue weighted by atomic mass is 10.0. The number of nitrogens with two attached hydrogens (primary N) is 2. The fourth-order valence-corrected chi connectivity index (χ4v) is 4.03. The largest absolute Gasteiger partial charge is 0.384 e. The molecule has 3 aromatic carbocycles. The Hall–Kier alpha value is -3.79.